The van der Waals surface area contributed by atoms with Crippen molar-refractivity contribution in [2.75, 3.05) is 7.11 Å². The van der Waals surface area contributed by atoms with Gasteiger partial charge in [0.2, 0.25) is 0 Å². The first kappa shape index (κ1) is 13.0. The number of methoxy groups -OCH3 is 1. The maximum Gasteiger partial charge on any atom is 0.193 e. The lowest BCUT2D eigenvalue weighted by Gasteiger charge is -2.15. The van der Waals surface area contributed by atoms with Crippen LogP contribution in [-0.4, -0.2) is 22.0 Å². The summed E-state index contributed by atoms with van der Waals surface area (Å²) in [4.78, 5) is 0. The van der Waals surface area contributed by atoms with Gasteiger partial charge in [0, 0.05) is 6.04 Å². The van der Waals surface area contributed by atoms with Crippen LogP contribution < -0.4 is 4.74 Å². The van der Waals surface area contributed by atoms with Crippen molar-refractivity contribution in [2.24, 2.45) is 0 Å². The van der Waals surface area contributed by atoms with Crippen molar-refractivity contribution < 1.29 is 14.3 Å². The van der Waals surface area contributed by atoms with E-state index in [0.29, 0.717) is 17.2 Å². The van der Waals surface area contributed by atoms with Crippen LogP contribution in [0.4, 0.5) is 0 Å². The van der Waals surface area contributed by atoms with Gasteiger partial charge in [-0.1, -0.05) is 0 Å². The first-order valence-corrected chi connectivity index (χ1v) is 5.97. The van der Waals surface area contributed by atoms with Crippen molar-refractivity contribution in [3.63, 3.8) is 0 Å². The molecule has 0 spiro atoms. The molecule has 1 N–H and O–H groups in total. The van der Waals surface area contributed by atoms with Gasteiger partial charge in [0.15, 0.2) is 17.1 Å². The molecule has 2 aromatic heterocycles. The van der Waals surface area contributed by atoms with E-state index in [1.165, 1.54) is 7.11 Å². The minimum Gasteiger partial charge on any atom is -0.493 e. The predicted octanol–water partition coefficient (Wildman–Crippen LogP) is 2.80. The summed E-state index contributed by atoms with van der Waals surface area (Å²) in [7, 11) is 1.53. The van der Waals surface area contributed by atoms with Crippen LogP contribution in [0.1, 0.15) is 37.4 Å². The Bertz CT molecular complexity index is 533. The number of hydrogen-bond acceptors (Lipinski definition) is 4. The molecule has 1 atom stereocenters. The number of aliphatic hydroxyl groups excluding tert-OH is 1. The maximum atomic E-state index is 10.3. The summed E-state index contributed by atoms with van der Waals surface area (Å²) in [6.45, 7) is 3.94. The molecular weight excluding hydrogens is 256 g/mol. The molecule has 0 aliphatic heterocycles. The number of ether oxygens (including phenoxy) is 1. The van der Waals surface area contributed by atoms with Crippen molar-refractivity contribution >= 4 is 11.6 Å². The number of rotatable bonds is 4. The van der Waals surface area contributed by atoms with E-state index in [0.717, 1.165) is 0 Å². The van der Waals surface area contributed by atoms with Crippen molar-refractivity contribution in [1.29, 1.82) is 0 Å². The summed E-state index contributed by atoms with van der Waals surface area (Å²) in [6.07, 6.45) is 0.612. The standard InChI is InChI=1S/C12H15ClN2O3/c1-7(2)15-11(9(17-3)6-14-15)12(16)8-4-5-10(13)18-8/h4-7,12,16H,1-3H3. The number of nitrogens with zero attached hydrogens (tertiary/aromatic N) is 2. The first-order chi connectivity index (χ1) is 8.54. The Balaban J connectivity index is 2.45. The van der Waals surface area contributed by atoms with Crippen molar-refractivity contribution in [1.82, 2.24) is 9.78 Å². The number of hydrogen-bond donors (Lipinski definition) is 1. The summed E-state index contributed by atoms with van der Waals surface area (Å²) in [5, 5.41) is 14.8. The summed E-state index contributed by atoms with van der Waals surface area (Å²) in [6, 6.07) is 3.32. The van der Waals surface area contributed by atoms with Gasteiger partial charge in [0.25, 0.3) is 0 Å². The van der Waals surface area contributed by atoms with Crippen molar-refractivity contribution in [3.8, 4) is 5.75 Å². The second-order valence-electron chi connectivity index (χ2n) is 4.18. The van der Waals surface area contributed by atoms with Gasteiger partial charge < -0.3 is 14.3 Å². The lowest BCUT2D eigenvalue weighted by Crippen LogP contribution is -2.12. The molecule has 1 unspecified atom stereocenters. The van der Waals surface area contributed by atoms with Crippen LogP contribution in [0.2, 0.25) is 5.22 Å². The van der Waals surface area contributed by atoms with E-state index in [9.17, 15) is 5.11 Å². The van der Waals surface area contributed by atoms with Gasteiger partial charge in [-0.25, -0.2) is 0 Å². The monoisotopic (exact) mass is 270 g/mol. The SMILES string of the molecule is COc1cnn(C(C)C)c1C(O)c1ccc(Cl)o1. The van der Waals surface area contributed by atoms with Crippen LogP contribution in [0, 0.1) is 0 Å². The summed E-state index contributed by atoms with van der Waals surface area (Å²) >= 11 is 5.71. The fourth-order valence-corrected chi connectivity index (χ4v) is 1.95. The maximum absolute atomic E-state index is 10.3. The fraction of sp³-hybridized carbons (Fsp3) is 0.417. The molecule has 0 fully saturated rings. The number of halogens is 1. The van der Waals surface area contributed by atoms with E-state index < -0.39 is 6.10 Å². The van der Waals surface area contributed by atoms with E-state index >= 15 is 0 Å². The van der Waals surface area contributed by atoms with Crippen molar-refractivity contribution in [3.05, 3.63) is 35.0 Å². The molecule has 0 aliphatic rings. The zero-order valence-corrected chi connectivity index (χ0v) is 11.2. The van der Waals surface area contributed by atoms with E-state index in [-0.39, 0.29) is 11.3 Å². The molecule has 0 saturated carbocycles. The third-order valence-electron chi connectivity index (χ3n) is 2.63. The molecule has 18 heavy (non-hydrogen) atoms. The quantitative estimate of drug-likeness (QED) is 0.928. The highest BCUT2D eigenvalue weighted by Crippen LogP contribution is 2.33. The van der Waals surface area contributed by atoms with Crippen LogP contribution in [0.15, 0.2) is 22.7 Å². The first-order valence-electron chi connectivity index (χ1n) is 5.59. The average molecular weight is 271 g/mol. The highest BCUT2D eigenvalue weighted by Gasteiger charge is 2.25. The van der Waals surface area contributed by atoms with E-state index in [4.69, 9.17) is 20.8 Å². The molecule has 6 heteroatoms. The van der Waals surface area contributed by atoms with Gasteiger partial charge in [-0.05, 0) is 37.6 Å². The second-order valence-corrected chi connectivity index (χ2v) is 4.55. The molecule has 2 heterocycles. The Hall–Kier alpha value is -1.46. The minimum atomic E-state index is -0.961. The van der Waals surface area contributed by atoms with Crippen LogP contribution in [0.3, 0.4) is 0 Å². The van der Waals surface area contributed by atoms with Gasteiger partial charge in [-0.2, -0.15) is 5.10 Å². The Morgan fingerprint density at radius 1 is 1.44 bits per heavy atom. The molecule has 98 valence electrons. The topological polar surface area (TPSA) is 60.4 Å². The van der Waals surface area contributed by atoms with Gasteiger partial charge in [0.05, 0.1) is 13.3 Å². The number of furan rings is 1. The Labute approximate surface area is 110 Å². The van der Waals surface area contributed by atoms with Crippen LogP contribution in [-0.2, 0) is 0 Å². The summed E-state index contributed by atoms with van der Waals surface area (Å²) in [5.74, 6) is 0.879. The van der Waals surface area contributed by atoms with Crippen LogP contribution in [0.25, 0.3) is 0 Å². The van der Waals surface area contributed by atoms with Crippen LogP contribution in [0.5, 0.6) is 5.75 Å². The number of aromatic nitrogens is 2. The highest BCUT2D eigenvalue weighted by atomic mass is 35.5. The Morgan fingerprint density at radius 3 is 2.67 bits per heavy atom. The molecule has 0 radical (unpaired) electrons. The smallest absolute Gasteiger partial charge is 0.193 e. The molecule has 5 nitrogen and oxygen atoms in total. The Kier molecular flexibility index (Phi) is 3.63. The van der Waals surface area contributed by atoms with E-state index in [1.54, 1.807) is 23.0 Å². The molecule has 0 bridgehead atoms. The van der Waals surface area contributed by atoms with Gasteiger partial charge in [-0.3, -0.25) is 4.68 Å². The van der Waals surface area contributed by atoms with E-state index in [2.05, 4.69) is 5.10 Å². The molecule has 2 aromatic rings. The second kappa shape index (κ2) is 5.04. The molecule has 0 amide bonds. The van der Waals surface area contributed by atoms with Gasteiger partial charge in [0.1, 0.15) is 11.5 Å². The molecule has 0 saturated heterocycles. The fourth-order valence-electron chi connectivity index (χ4n) is 1.79. The summed E-state index contributed by atoms with van der Waals surface area (Å²) < 4.78 is 12.1. The molecule has 0 aromatic carbocycles. The molecule has 0 aliphatic carbocycles. The minimum absolute atomic E-state index is 0.101. The van der Waals surface area contributed by atoms with Crippen LogP contribution >= 0.6 is 11.6 Å². The van der Waals surface area contributed by atoms with Gasteiger partial charge >= 0.3 is 0 Å². The predicted molar refractivity (Wildman–Crippen MR) is 66.9 cm³/mol. The van der Waals surface area contributed by atoms with Gasteiger partial charge in [-0.15, -0.1) is 0 Å². The zero-order valence-electron chi connectivity index (χ0n) is 10.4. The lowest BCUT2D eigenvalue weighted by molar-refractivity contribution is 0.172. The lowest BCUT2D eigenvalue weighted by atomic mass is 10.2. The van der Waals surface area contributed by atoms with E-state index in [1.807, 2.05) is 13.8 Å². The Morgan fingerprint density at radius 2 is 2.17 bits per heavy atom. The molecule has 2 rings (SSSR count). The molecular formula is C12H15ClN2O3. The third-order valence-corrected chi connectivity index (χ3v) is 2.83. The highest BCUT2D eigenvalue weighted by molar-refractivity contribution is 6.28. The third kappa shape index (κ3) is 2.23. The van der Waals surface area contributed by atoms with Crippen molar-refractivity contribution in [2.45, 2.75) is 26.0 Å². The average Bonchev–Trinajstić information content (AvgIpc) is 2.93. The summed E-state index contributed by atoms with van der Waals surface area (Å²) in [5.41, 5.74) is 0.554. The largest absolute Gasteiger partial charge is 0.493 e. The normalized spacial score (nSPS) is 13.0. The number of aliphatic hydroxyl groups is 1. The zero-order chi connectivity index (χ0) is 13.3.